The van der Waals surface area contributed by atoms with Gasteiger partial charge in [0.05, 0.1) is 6.61 Å². The molecule has 0 aliphatic rings. The van der Waals surface area contributed by atoms with Crippen LogP contribution >= 0.6 is 0 Å². The Morgan fingerprint density at radius 2 is 2.50 bits per heavy atom. The zero-order chi connectivity index (χ0) is 7.98. The minimum absolute atomic E-state index is 0.347. The lowest BCUT2D eigenvalue weighted by Crippen LogP contribution is -2.30. The lowest BCUT2D eigenvalue weighted by atomic mass is 10.6. The van der Waals surface area contributed by atoms with E-state index in [2.05, 4.69) is 6.58 Å². The summed E-state index contributed by atoms with van der Waals surface area (Å²) in [7, 11) is 0. The zero-order valence-corrected chi connectivity index (χ0v) is 5.91. The van der Waals surface area contributed by atoms with Crippen LogP contribution in [0.5, 0.6) is 0 Å². The molecule has 1 N–H and O–H groups in total. The Labute approximate surface area is 59.7 Å². The number of hydroxylamine groups is 2. The number of carbonyl (C=O) groups is 1. The quantitative estimate of drug-likeness (QED) is 0.341. The Morgan fingerprint density at radius 3 is 2.80 bits per heavy atom. The fourth-order valence-electron chi connectivity index (χ4n) is 0.432. The summed E-state index contributed by atoms with van der Waals surface area (Å²) in [5, 5.41) is 9.32. The van der Waals surface area contributed by atoms with Crippen molar-refractivity contribution in [2.45, 2.75) is 6.92 Å². The van der Waals surface area contributed by atoms with Crippen LogP contribution in [0.1, 0.15) is 6.92 Å². The van der Waals surface area contributed by atoms with Gasteiger partial charge in [0.2, 0.25) is 0 Å². The van der Waals surface area contributed by atoms with E-state index in [9.17, 15) is 4.79 Å². The maximum atomic E-state index is 10.7. The molecule has 0 aliphatic carbocycles. The lowest BCUT2D eigenvalue weighted by Gasteiger charge is -2.15. The van der Waals surface area contributed by atoms with E-state index in [1.807, 2.05) is 0 Å². The standard InChI is InChI=1S/C6H11NO3/c1-3-6(9)7(5-8)10-4-2/h3,8H,1,4-5H2,2H3. The van der Waals surface area contributed by atoms with Crippen LogP contribution in [0.15, 0.2) is 12.7 Å². The molecule has 4 nitrogen and oxygen atoms in total. The van der Waals surface area contributed by atoms with Crippen molar-refractivity contribution in [3.63, 3.8) is 0 Å². The molecule has 0 aliphatic heterocycles. The Balaban J connectivity index is 3.79. The average Bonchev–Trinajstić information content (AvgIpc) is 1.99. The molecular weight excluding hydrogens is 134 g/mol. The summed E-state index contributed by atoms with van der Waals surface area (Å²) in [6, 6.07) is 0. The van der Waals surface area contributed by atoms with Gasteiger partial charge in [0, 0.05) is 0 Å². The van der Waals surface area contributed by atoms with Crippen molar-refractivity contribution >= 4 is 5.91 Å². The highest BCUT2D eigenvalue weighted by Crippen LogP contribution is 1.89. The molecule has 58 valence electrons. The summed E-state index contributed by atoms with van der Waals surface area (Å²) < 4.78 is 0. The molecule has 0 fully saturated rings. The normalized spacial score (nSPS) is 9.00. The van der Waals surface area contributed by atoms with Crippen LogP contribution in [0.3, 0.4) is 0 Å². The molecule has 0 rings (SSSR count). The number of amides is 1. The number of rotatable bonds is 4. The van der Waals surface area contributed by atoms with Crippen molar-refractivity contribution in [1.82, 2.24) is 5.06 Å². The molecule has 0 aromatic heterocycles. The first kappa shape index (κ1) is 9.13. The third kappa shape index (κ3) is 2.61. The summed E-state index contributed by atoms with van der Waals surface area (Å²) in [5.41, 5.74) is 0. The number of aliphatic hydroxyl groups excluding tert-OH is 1. The molecule has 0 unspecified atom stereocenters. The van der Waals surface area contributed by atoms with E-state index in [0.29, 0.717) is 6.61 Å². The minimum atomic E-state index is -0.446. The molecule has 0 aromatic carbocycles. The topological polar surface area (TPSA) is 49.8 Å². The van der Waals surface area contributed by atoms with Crippen molar-refractivity contribution < 1.29 is 14.7 Å². The van der Waals surface area contributed by atoms with E-state index in [-0.39, 0.29) is 0 Å². The van der Waals surface area contributed by atoms with Crippen LogP contribution in [0, 0.1) is 0 Å². The van der Waals surface area contributed by atoms with Gasteiger partial charge in [-0.1, -0.05) is 6.58 Å². The van der Waals surface area contributed by atoms with Crippen molar-refractivity contribution in [1.29, 1.82) is 0 Å². The highest BCUT2D eigenvalue weighted by Gasteiger charge is 2.06. The Hall–Kier alpha value is -0.870. The van der Waals surface area contributed by atoms with Crippen LogP contribution in [-0.4, -0.2) is 29.4 Å². The summed E-state index contributed by atoms with van der Waals surface area (Å²) in [4.78, 5) is 15.4. The van der Waals surface area contributed by atoms with Crippen LogP contribution in [0.2, 0.25) is 0 Å². The second-order valence-electron chi connectivity index (χ2n) is 1.48. The minimum Gasteiger partial charge on any atom is -0.374 e. The summed E-state index contributed by atoms with van der Waals surface area (Å²) in [5.74, 6) is -0.440. The Morgan fingerprint density at radius 1 is 1.90 bits per heavy atom. The highest BCUT2D eigenvalue weighted by atomic mass is 16.7. The van der Waals surface area contributed by atoms with Gasteiger partial charge < -0.3 is 5.11 Å². The first-order valence-corrected chi connectivity index (χ1v) is 2.94. The smallest absolute Gasteiger partial charge is 0.271 e. The summed E-state index contributed by atoms with van der Waals surface area (Å²) in [6.07, 6.45) is 1.08. The van der Waals surface area contributed by atoms with Gasteiger partial charge in [0.25, 0.3) is 5.91 Å². The first-order valence-electron chi connectivity index (χ1n) is 2.94. The van der Waals surface area contributed by atoms with Crippen LogP contribution in [-0.2, 0) is 9.63 Å². The lowest BCUT2D eigenvalue weighted by molar-refractivity contribution is -0.198. The second-order valence-corrected chi connectivity index (χ2v) is 1.48. The number of hydrogen-bond acceptors (Lipinski definition) is 3. The first-order chi connectivity index (χ1) is 4.76. The van der Waals surface area contributed by atoms with Crippen molar-refractivity contribution in [2.24, 2.45) is 0 Å². The van der Waals surface area contributed by atoms with Gasteiger partial charge in [0.1, 0.15) is 6.73 Å². The predicted molar refractivity (Wildman–Crippen MR) is 35.8 cm³/mol. The molecule has 10 heavy (non-hydrogen) atoms. The van der Waals surface area contributed by atoms with Crippen molar-refractivity contribution in [2.75, 3.05) is 13.3 Å². The largest absolute Gasteiger partial charge is 0.374 e. The fourth-order valence-corrected chi connectivity index (χ4v) is 0.432. The van der Waals surface area contributed by atoms with Gasteiger partial charge in [-0.2, -0.15) is 5.06 Å². The van der Waals surface area contributed by atoms with Crippen molar-refractivity contribution in [3.8, 4) is 0 Å². The average molecular weight is 145 g/mol. The molecule has 0 spiro atoms. The third-order valence-corrected chi connectivity index (χ3v) is 0.834. The molecule has 1 amide bonds. The SMILES string of the molecule is C=CC(=O)N(CO)OCC. The van der Waals surface area contributed by atoms with Gasteiger partial charge in [-0.25, -0.2) is 0 Å². The van der Waals surface area contributed by atoms with E-state index in [4.69, 9.17) is 9.94 Å². The van der Waals surface area contributed by atoms with E-state index in [0.717, 1.165) is 11.1 Å². The van der Waals surface area contributed by atoms with Crippen LogP contribution < -0.4 is 0 Å². The fraction of sp³-hybridized carbons (Fsp3) is 0.500. The Bertz CT molecular complexity index is 124. The number of hydrogen-bond donors (Lipinski definition) is 1. The predicted octanol–water partition coefficient (Wildman–Crippen LogP) is -0.0977. The molecule has 0 atom stereocenters. The summed E-state index contributed by atoms with van der Waals surface area (Å²) in [6.45, 7) is 4.85. The molecule has 0 radical (unpaired) electrons. The summed E-state index contributed by atoms with van der Waals surface area (Å²) >= 11 is 0. The Kier molecular flexibility index (Phi) is 4.53. The zero-order valence-electron chi connectivity index (χ0n) is 5.91. The molecule has 0 saturated carbocycles. The van der Waals surface area contributed by atoms with Gasteiger partial charge >= 0.3 is 0 Å². The maximum Gasteiger partial charge on any atom is 0.271 e. The van der Waals surface area contributed by atoms with E-state index < -0.39 is 12.6 Å². The molecule has 4 heteroatoms. The maximum absolute atomic E-state index is 10.7. The number of nitrogens with zero attached hydrogens (tertiary/aromatic N) is 1. The van der Waals surface area contributed by atoms with Gasteiger partial charge in [0.15, 0.2) is 0 Å². The third-order valence-electron chi connectivity index (χ3n) is 0.834. The van der Waals surface area contributed by atoms with Gasteiger partial charge in [-0.05, 0) is 13.0 Å². The van der Waals surface area contributed by atoms with Crippen LogP contribution in [0.4, 0.5) is 0 Å². The van der Waals surface area contributed by atoms with Crippen molar-refractivity contribution in [3.05, 3.63) is 12.7 Å². The van der Waals surface area contributed by atoms with Crippen LogP contribution in [0.25, 0.3) is 0 Å². The van der Waals surface area contributed by atoms with E-state index >= 15 is 0 Å². The number of aliphatic hydroxyl groups is 1. The molecule has 0 bridgehead atoms. The van der Waals surface area contributed by atoms with E-state index in [1.165, 1.54) is 0 Å². The van der Waals surface area contributed by atoms with Gasteiger partial charge in [-0.15, -0.1) is 0 Å². The molecule has 0 aromatic rings. The highest BCUT2D eigenvalue weighted by molar-refractivity contribution is 5.85. The monoisotopic (exact) mass is 145 g/mol. The molecule has 0 saturated heterocycles. The molecule has 0 heterocycles. The van der Waals surface area contributed by atoms with Gasteiger partial charge in [-0.3, -0.25) is 9.63 Å². The second kappa shape index (κ2) is 4.96. The number of carbonyl (C=O) groups excluding carboxylic acids is 1. The molecular formula is C6H11NO3. The van der Waals surface area contributed by atoms with E-state index in [1.54, 1.807) is 6.92 Å².